The number of hydrogen-bond donors (Lipinski definition) is 2. The summed E-state index contributed by atoms with van der Waals surface area (Å²) in [6, 6.07) is 15.5. The third-order valence-corrected chi connectivity index (χ3v) is 5.95. The van der Waals surface area contributed by atoms with E-state index in [1.165, 1.54) is 55.2 Å². The Bertz CT molecular complexity index is 728. The molecule has 0 fully saturated rings. The Balaban J connectivity index is 1.70. The Morgan fingerprint density at radius 1 is 0.889 bits per heavy atom. The number of phenols is 2. The van der Waals surface area contributed by atoms with E-state index in [0.717, 1.165) is 12.8 Å². The fourth-order valence-electron chi connectivity index (χ4n) is 4.34. The van der Waals surface area contributed by atoms with Gasteiger partial charge in [0.1, 0.15) is 11.5 Å². The maximum atomic E-state index is 9.65. The van der Waals surface area contributed by atoms with Crippen LogP contribution >= 0.6 is 0 Å². The number of rotatable bonds is 8. The monoisotopic (exact) mass is 364 g/mol. The summed E-state index contributed by atoms with van der Waals surface area (Å²) in [6.45, 7) is 2.26. The molecule has 2 aromatic rings. The second-order valence-corrected chi connectivity index (χ2v) is 7.86. The maximum absolute atomic E-state index is 9.65. The quantitative estimate of drug-likeness (QED) is 0.493. The van der Waals surface area contributed by atoms with Gasteiger partial charge in [0.25, 0.3) is 0 Å². The van der Waals surface area contributed by atoms with Crippen molar-refractivity contribution in [1.82, 2.24) is 0 Å². The van der Waals surface area contributed by atoms with Gasteiger partial charge >= 0.3 is 0 Å². The summed E-state index contributed by atoms with van der Waals surface area (Å²) in [5.41, 5.74) is 4.01. The van der Waals surface area contributed by atoms with Gasteiger partial charge in [-0.15, -0.1) is 0 Å². The average Bonchev–Trinajstić information content (AvgIpc) is 2.70. The minimum Gasteiger partial charge on any atom is -0.508 e. The van der Waals surface area contributed by atoms with Crippen molar-refractivity contribution < 1.29 is 10.2 Å². The van der Waals surface area contributed by atoms with Crippen molar-refractivity contribution >= 4 is 5.57 Å². The normalized spacial score (nSPS) is 18.1. The lowest BCUT2D eigenvalue weighted by Gasteiger charge is -2.31. The van der Waals surface area contributed by atoms with Crippen LogP contribution in [0.4, 0.5) is 0 Å². The predicted octanol–water partition coefficient (Wildman–Crippen LogP) is 7.04. The van der Waals surface area contributed by atoms with E-state index >= 15 is 0 Å². The summed E-state index contributed by atoms with van der Waals surface area (Å²) >= 11 is 0. The van der Waals surface area contributed by atoms with Gasteiger partial charge in [0.05, 0.1) is 0 Å². The van der Waals surface area contributed by atoms with Crippen LogP contribution < -0.4 is 0 Å². The van der Waals surface area contributed by atoms with Gasteiger partial charge in [0.15, 0.2) is 0 Å². The molecule has 144 valence electrons. The zero-order valence-electron chi connectivity index (χ0n) is 16.4. The lowest BCUT2D eigenvalue weighted by atomic mass is 9.74. The fourth-order valence-corrected chi connectivity index (χ4v) is 4.34. The van der Waals surface area contributed by atoms with E-state index in [1.807, 2.05) is 24.3 Å². The molecule has 0 aliphatic heterocycles. The van der Waals surface area contributed by atoms with Crippen LogP contribution in [0.2, 0.25) is 0 Å². The Kier molecular flexibility index (Phi) is 6.98. The fraction of sp³-hybridized carbons (Fsp3) is 0.440. The molecule has 0 amide bonds. The van der Waals surface area contributed by atoms with E-state index in [1.54, 1.807) is 12.1 Å². The number of phenolic OH excluding ortho intramolecular Hbond substituents is 2. The van der Waals surface area contributed by atoms with Crippen molar-refractivity contribution in [2.45, 2.75) is 64.2 Å². The Labute approximate surface area is 163 Å². The second-order valence-electron chi connectivity index (χ2n) is 7.86. The third-order valence-electron chi connectivity index (χ3n) is 5.95. The summed E-state index contributed by atoms with van der Waals surface area (Å²) in [4.78, 5) is 0. The van der Waals surface area contributed by atoms with E-state index in [2.05, 4.69) is 25.1 Å². The standard InChI is InChI=1S/C25H32O2/c1-2-3-4-5-6-25(22-13-17-24(27)18-14-22)21-9-7-19(8-10-21)20-11-15-23(26)16-12-20/h7,11-18,21,25-27H,2-6,8-10H2,1H3. The highest BCUT2D eigenvalue weighted by molar-refractivity contribution is 5.66. The largest absolute Gasteiger partial charge is 0.508 e. The summed E-state index contributed by atoms with van der Waals surface area (Å²) in [5.74, 6) is 1.91. The van der Waals surface area contributed by atoms with Gasteiger partial charge in [-0.05, 0) is 78.5 Å². The molecule has 2 heteroatoms. The average molecular weight is 365 g/mol. The Hall–Kier alpha value is -2.22. The van der Waals surface area contributed by atoms with Gasteiger partial charge in [0, 0.05) is 0 Å². The highest BCUT2D eigenvalue weighted by atomic mass is 16.3. The van der Waals surface area contributed by atoms with Gasteiger partial charge in [0.2, 0.25) is 0 Å². The number of allylic oxidation sites excluding steroid dienone is 2. The molecule has 2 aromatic carbocycles. The van der Waals surface area contributed by atoms with Crippen LogP contribution in [0.25, 0.3) is 5.57 Å². The van der Waals surface area contributed by atoms with Crippen LogP contribution in [0.3, 0.4) is 0 Å². The van der Waals surface area contributed by atoms with Crippen molar-refractivity contribution in [2.75, 3.05) is 0 Å². The molecule has 0 spiro atoms. The van der Waals surface area contributed by atoms with Gasteiger partial charge in [-0.1, -0.05) is 62.9 Å². The third kappa shape index (κ3) is 5.38. The highest BCUT2D eigenvalue weighted by Gasteiger charge is 2.25. The first-order valence-electron chi connectivity index (χ1n) is 10.4. The molecule has 0 aromatic heterocycles. The van der Waals surface area contributed by atoms with Crippen molar-refractivity contribution in [3.05, 3.63) is 65.7 Å². The number of unbranched alkanes of at least 4 members (excludes halogenated alkanes) is 3. The Morgan fingerprint density at radius 3 is 2.15 bits per heavy atom. The highest BCUT2D eigenvalue weighted by Crippen LogP contribution is 2.41. The van der Waals surface area contributed by atoms with Gasteiger partial charge in [-0.2, -0.15) is 0 Å². The SMILES string of the molecule is CCCCCCC(c1ccc(O)cc1)C1CC=C(c2ccc(O)cc2)CC1. The van der Waals surface area contributed by atoms with Crippen molar-refractivity contribution in [2.24, 2.45) is 5.92 Å². The van der Waals surface area contributed by atoms with Gasteiger partial charge < -0.3 is 10.2 Å². The molecule has 0 radical (unpaired) electrons. The van der Waals surface area contributed by atoms with Crippen LogP contribution in [0.15, 0.2) is 54.6 Å². The molecule has 2 unspecified atom stereocenters. The smallest absolute Gasteiger partial charge is 0.115 e. The molecule has 0 saturated carbocycles. The zero-order chi connectivity index (χ0) is 19.1. The minimum absolute atomic E-state index is 0.326. The molecule has 2 nitrogen and oxygen atoms in total. The van der Waals surface area contributed by atoms with E-state index < -0.39 is 0 Å². The van der Waals surface area contributed by atoms with Crippen LogP contribution in [0.5, 0.6) is 11.5 Å². The molecule has 3 rings (SSSR count). The van der Waals surface area contributed by atoms with Gasteiger partial charge in [-0.3, -0.25) is 0 Å². The molecule has 2 N–H and O–H groups in total. The van der Waals surface area contributed by atoms with Crippen molar-refractivity contribution in [3.63, 3.8) is 0 Å². The molecule has 0 heterocycles. The lowest BCUT2D eigenvalue weighted by Crippen LogP contribution is -2.16. The van der Waals surface area contributed by atoms with E-state index in [-0.39, 0.29) is 0 Å². The summed E-state index contributed by atoms with van der Waals surface area (Å²) in [7, 11) is 0. The zero-order valence-corrected chi connectivity index (χ0v) is 16.4. The molecule has 1 aliphatic carbocycles. The molecular weight excluding hydrogens is 332 g/mol. The number of hydrogen-bond acceptors (Lipinski definition) is 2. The van der Waals surface area contributed by atoms with E-state index in [9.17, 15) is 10.2 Å². The van der Waals surface area contributed by atoms with Crippen LogP contribution in [-0.4, -0.2) is 10.2 Å². The summed E-state index contributed by atoms with van der Waals surface area (Å²) in [6.07, 6.45) is 12.2. The second kappa shape index (κ2) is 9.64. The van der Waals surface area contributed by atoms with E-state index in [4.69, 9.17) is 0 Å². The summed E-state index contributed by atoms with van der Waals surface area (Å²) in [5, 5.41) is 19.1. The molecular formula is C25H32O2. The first kappa shape index (κ1) is 19.5. The summed E-state index contributed by atoms with van der Waals surface area (Å²) < 4.78 is 0. The van der Waals surface area contributed by atoms with E-state index in [0.29, 0.717) is 23.3 Å². The molecule has 0 bridgehead atoms. The Morgan fingerprint density at radius 2 is 1.56 bits per heavy atom. The molecule has 0 saturated heterocycles. The minimum atomic E-state index is 0.326. The van der Waals surface area contributed by atoms with Crippen LogP contribution in [0.1, 0.15) is 75.3 Å². The molecule has 1 aliphatic rings. The predicted molar refractivity (Wildman–Crippen MR) is 113 cm³/mol. The topological polar surface area (TPSA) is 40.5 Å². The first-order valence-corrected chi connectivity index (χ1v) is 10.4. The number of aromatic hydroxyl groups is 2. The lowest BCUT2D eigenvalue weighted by molar-refractivity contribution is 0.364. The number of benzene rings is 2. The molecule has 27 heavy (non-hydrogen) atoms. The maximum Gasteiger partial charge on any atom is 0.115 e. The van der Waals surface area contributed by atoms with Crippen molar-refractivity contribution in [1.29, 1.82) is 0 Å². The van der Waals surface area contributed by atoms with Crippen LogP contribution in [0, 0.1) is 5.92 Å². The van der Waals surface area contributed by atoms with Crippen molar-refractivity contribution in [3.8, 4) is 11.5 Å². The van der Waals surface area contributed by atoms with Gasteiger partial charge in [-0.25, -0.2) is 0 Å². The van der Waals surface area contributed by atoms with Crippen LogP contribution in [-0.2, 0) is 0 Å². The molecule has 2 atom stereocenters. The first-order chi connectivity index (χ1) is 13.2.